The first-order valence-corrected chi connectivity index (χ1v) is 3.41. The van der Waals surface area contributed by atoms with Crippen LogP contribution in [0.25, 0.3) is 0 Å². The SMILES string of the molecule is [B]C(C)C(=O)c1ccncc1. The first kappa shape index (κ1) is 7.99. The van der Waals surface area contributed by atoms with Gasteiger partial charge in [-0.1, -0.05) is 6.92 Å². The molecule has 3 heteroatoms. The summed E-state index contributed by atoms with van der Waals surface area (Å²) >= 11 is 0. The second-order valence-corrected chi connectivity index (χ2v) is 2.39. The van der Waals surface area contributed by atoms with Gasteiger partial charge < -0.3 is 0 Å². The Bertz CT molecular complexity index is 246. The van der Waals surface area contributed by atoms with Gasteiger partial charge in [-0.05, 0) is 17.9 Å². The maximum Gasteiger partial charge on any atom is 0.157 e. The van der Waals surface area contributed by atoms with Crippen LogP contribution >= 0.6 is 0 Å². The van der Waals surface area contributed by atoms with Crippen LogP contribution in [0.5, 0.6) is 0 Å². The summed E-state index contributed by atoms with van der Waals surface area (Å²) in [5.74, 6) is -0.482. The summed E-state index contributed by atoms with van der Waals surface area (Å²) in [5, 5.41) is 0. The smallest absolute Gasteiger partial charge is 0.157 e. The molecule has 0 bridgehead atoms. The average Bonchev–Trinajstić information content (AvgIpc) is 2.05. The van der Waals surface area contributed by atoms with Crippen molar-refractivity contribution in [3.63, 3.8) is 0 Å². The van der Waals surface area contributed by atoms with E-state index in [1.54, 1.807) is 31.5 Å². The second-order valence-electron chi connectivity index (χ2n) is 2.39. The summed E-state index contributed by atoms with van der Waals surface area (Å²) in [6, 6.07) is 3.32. The normalized spacial score (nSPS) is 12.5. The highest BCUT2D eigenvalue weighted by Gasteiger charge is 2.07. The number of hydrogen-bond acceptors (Lipinski definition) is 2. The first-order chi connectivity index (χ1) is 5.22. The van der Waals surface area contributed by atoms with Gasteiger partial charge in [-0.15, -0.1) is 0 Å². The Morgan fingerprint density at radius 2 is 2.09 bits per heavy atom. The van der Waals surface area contributed by atoms with Crippen LogP contribution in [-0.4, -0.2) is 18.6 Å². The Kier molecular flexibility index (Phi) is 2.42. The Balaban J connectivity index is 2.86. The van der Waals surface area contributed by atoms with Gasteiger partial charge in [-0.2, -0.15) is 0 Å². The van der Waals surface area contributed by atoms with Crippen molar-refractivity contribution in [2.24, 2.45) is 0 Å². The summed E-state index contributed by atoms with van der Waals surface area (Å²) in [6.07, 6.45) is 3.16. The van der Waals surface area contributed by atoms with E-state index in [1.165, 1.54) is 0 Å². The molecule has 1 heterocycles. The van der Waals surface area contributed by atoms with E-state index in [4.69, 9.17) is 7.85 Å². The Labute approximate surface area is 67.1 Å². The summed E-state index contributed by atoms with van der Waals surface area (Å²) in [5.41, 5.74) is 0.620. The zero-order valence-corrected chi connectivity index (χ0v) is 6.32. The molecule has 11 heavy (non-hydrogen) atoms. The monoisotopic (exact) mass is 145 g/mol. The molecule has 0 aliphatic carbocycles. The van der Waals surface area contributed by atoms with Crippen LogP contribution in [0.1, 0.15) is 17.3 Å². The zero-order valence-electron chi connectivity index (χ0n) is 6.32. The number of ketones is 1. The third kappa shape index (κ3) is 1.90. The van der Waals surface area contributed by atoms with Gasteiger partial charge in [0.1, 0.15) is 0 Å². The molecule has 0 aliphatic rings. The van der Waals surface area contributed by atoms with E-state index in [9.17, 15) is 4.79 Å². The minimum absolute atomic E-state index is 0.0487. The molecule has 0 N–H and O–H groups in total. The Morgan fingerprint density at radius 1 is 1.55 bits per heavy atom. The molecule has 1 aromatic rings. The van der Waals surface area contributed by atoms with Crippen LogP contribution in [0.2, 0.25) is 5.82 Å². The lowest BCUT2D eigenvalue weighted by atomic mass is 9.83. The molecule has 1 atom stereocenters. The molecule has 0 saturated heterocycles. The molecule has 1 aromatic heterocycles. The van der Waals surface area contributed by atoms with Crippen molar-refractivity contribution in [1.82, 2.24) is 4.98 Å². The van der Waals surface area contributed by atoms with Crippen LogP contribution in [0.15, 0.2) is 24.5 Å². The van der Waals surface area contributed by atoms with Gasteiger partial charge in [0.05, 0.1) is 7.85 Å². The van der Waals surface area contributed by atoms with E-state index in [0.717, 1.165) is 0 Å². The molecule has 2 nitrogen and oxygen atoms in total. The second kappa shape index (κ2) is 3.33. The van der Waals surface area contributed by atoms with E-state index in [0.29, 0.717) is 5.56 Å². The van der Waals surface area contributed by atoms with Crippen LogP contribution in [0.3, 0.4) is 0 Å². The highest BCUT2D eigenvalue weighted by Crippen LogP contribution is 2.07. The number of pyridine rings is 1. The highest BCUT2D eigenvalue weighted by molar-refractivity contribution is 6.27. The fourth-order valence-corrected chi connectivity index (χ4v) is 0.779. The fourth-order valence-electron chi connectivity index (χ4n) is 0.779. The van der Waals surface area contributed by atoms with Gasteiger partial charge in [-0.3, -0.25) is 9.78 Å². The predicted molar refractivity (Wildman–Crippen MR) is 43.7 cm³/mol. The predicted octanol–water partition coefficient (Wildman–Crippen LogP) is 1.24. The maximum absolute atomic E-state index is 11.2. The van der Waals surface area contributed by atoms with Crippen molar-refractivity contribution >= 4 is 13.6 Å². The molecule has 1 rings (SSSR count). The van der Waals surface area contributed by atoms with Crippen molar-refractivity contribution in [1.29, 1.82) is 0 Å². The summed E-state index contributed by atoms with van der Waals surface area (Å²) < 4.78 is 0. The van der Waals surface area contributed by atoms with Crippen molar-refractivity contribution in [2.75, 3.05) is 0 Å². The van der Waals surface area contributed by atoms with E-state index >= 15 is 0 Å². The fraction of sp³-hybridized carbons (Fsp3) is 0.250. The minimum Gasteiger partial charge on any atom is -0.295 e. The summed E-state index contributed by atoms with van der Waals surface area (Å²) in [7, 11) is 5.40. The van der Waals surface area contributed by atoms with Gasteiger partial charge in [0, 0.05) is 18.0 Å². The van der Waals surface area contributed by atoms with E-state index in [1.807, 2.05) is 0 Å². The van der Waals surface area contributed by atoms with Crippen LogP contribution in [0, 0.1) is 0 Å². The third-order valence-electron chi connectivity index (χ3n) is 1.38. The van der Waals surface area contributed by atoms with Crippen molar-refractivity contribution < 1.29 is 4.79 Å². The summed E-state index contributed by atoms with van der Waals surface area (Å²) in [6.45, 7) is 1.67. The Morgan fingerprint density at radius 3 is 2.55 bits per heavy atom. The molecule has 0 spiro atoms. The van der Waals surface area contributed by atoms with Gasteiger partial charge in [0.25, 0.3) is 0 Å². The lowest BCUT2D eigenvalue weighted by molar-refractivity contribution is 0.0989. The first-order valence-electron chi connectivity index (χ1n) is 3.41. The number of aromatic nitrogens is 1. The van der Waals surface area contributed by atoms with E-state index < -0.39 is 5.82 Å². The van der Waals surface area contributed by atoms with E-state index in [-0.39, 0.29) is 5.78 Å². The molecular weight excluding hydrogens is 137 g/mol. The number of rotatable bonds is 2. The molecule has 0 saturated carbocycles. The molecular formula is C8H8BNO. The molecule has 2 radical (unpaired) electrons. The molecule has 54 valence electrons. The quantitative estimate of drug-likeness (QED) is 0.462. The number of Topliss-reactive ketones (excluding diaryl/α,β-unsaturated/α-hetero) is 1. The largest absolute Gasteiger partial charge is 0.295 e. The highest BCUT2D eigenvalue weighted by atomic mass is 16.1. The molecule has 1 unspecified atom stereocenters. The number of carbonyl (C=O) groups excluding carboxylic acids is 1. The molecule has 0 aromatic carbocycles. The third-order valence-corrected chi connectivity index (χ3v) is 1.38. The number of nitrogens with zero attached hydrogens (tertiary/aromatic N) is 1. The number of hydrogen-bond donors (Lipinski definition) is 0. The standard InChI is InChI=1S/C8H8BNO/c1-6(9)8(11)7-2-4-10-5-3-7/h2-6H,1H3. The number of carbonyl (C=O) groups is 1. The molecule has 0 aliphatic heterocycles. The van der Waals surface area contributed by atoms with Crippen molar-refractivity contribution in [3.05, 3.63) is 30.1 Å². The summed E-state index contributed by atoms with van der Waals surface area (Å²) in [4.78, 5) is 15.0. The zero-order chi connectivity index (χ0) is 8.27. The van der Waals surface area contributed by atoms with Gasteiger partial charge in [0.15, 0.2) is 5.78 Å². The van der Waals surface area contributed by atoms with Crippen LogP contribution in [0.4, 0.5) is 0 Å². The lowest BCUT2D eigenvalue weighted by Gasteiger charge is -2.01. The van der Waals surface area contributed by atoms with Gasteiger partial charge >= 0.3 is 0 Å². The van der Waals surface area contributed by atoms with Crippen molar-refractivity contribution in [3.8, 4) is 0 Å². The van der Waals surface area contributed by atoms with Gasteiger partial charge in [-0.25, -0.2) is 0 Å². The Hall–Kier alpha value is -1.12. The van der Waals surface area contributed by atoms with Gasteiger partial charge in [0.2, 0.25) is 0 Å². The van der Waals surface area contributed by atoms with Crippen molar-refractivity contribution in [2.45, 2.75) is 12.7 Å². The van der Waals surface area contributed by atoms with E-state index in [2.05, 4.69) is 4.98 Å². The minimum atomic E-state index is -0.433. The van der Waals surface area contributed by atoms with Crippen LogP contribution < -0.4 is 0 Å². The van der Waals surface area contributed by atoms with Crippen LogP contribution in [-0.2, 0) is 0 Å². The topological polar surface area (TPSA) is 30.0 Å². The molecule has 0 amide bonds. The maximum atomic E-state index is 11.2. The molecule has 0 fully saturated rings. The average molecular weight is 145 g/mol. The lowest BCUT2D eigenvalue weighted by Crippen LogP contribution is -2.05.